The molecule has 4 aromatic rings. The number of aromatic nitrogens is 2. The molecule has 0 radical (unpaired) electrons. The van der Waals surface area contributed by atoms with Gasteiger partial charge in [0, 0.05) is 35.9 Å². The summed E-state index contributed by atoms with van der Waals surface area (Å²) in [6.45, 7) is 7.18. The second kappa shape index (κ2) is 7.68. The van der Waals surface area contributed by atoms with Crippen LogP contribution in [0.5, 0.6) is 5.75 Å². The lowest BCUT2D eigenvalue weighted by Gasteiger charge is -2.09. The molecule has 5 heteroatoms. The summed E-state index contributed by atoms with van der Waals surface area (Å²) in [7, 11) is 3.87. The van der Waals surface area contributed by atoms with Gasteiger partial charge in [-0.15, -0.1) is 0 Å². The molecule has 0 aliphatic carbocycles. The third-order valence-corrected chi connectivity index (χ3v) is 5.46. The van der Waals surface area contributed by atoms with E-state index in [1.165, 1.54) is 32.8 Å². The van der Waals surface area contributed by atoms with E-state index in [4.69, 9.17) is 9.72 Å². The molecule has 0 aliphatic rings. The fraction of sp³-hybridized carbons (Fsp3) is 0.348. The van der Waals surface area contributed by atoms with E-state index in [0.29, 0.717) is 0 Å². The summed E-state index contributed by atoms with van der Waals surface area (Å²) >= 11 is 0. The quantitative estimate of drug-likeness (QED) is 0.463. The molecule has 0 bridgehead atoms. The molecule has 2 aromatic carbocycles. The highest BCUT2D eigenvalue weighted by Crippen LogP contribution is 2.39. The molecular formula is C23H28N4O. The summed E-state index contributed by atoms with van der Waals surface area (Å²) in [5, 5.41) is 11.7. The van der Waals surface area contributed by atoms with Crippen LogP contribution in [-0.2, 0) is 7.05 Å². The second-order valence-corrected chi connectivity index (χ2v) is 7.22. The first kappa shape index (κ1) is 18.6. The van der Waals surface area contributed by atoms with Crippen molar-refractivity contribution in [3.8, 4) is 5.75 Å². The van der Waals surface area contributed by atoms with E-state index in [-0.39, 0.29) is 0 Å². The van der Waals surface area contributed by atoms with E-state index in [1.807, 2.05) is 12.3 Å². The minimum Gasteiger partial charge on any atom is -0.496 e. The highest BCUT2D eigenvalue weighted by molar-refractivity contribution is 6.21. The monoisotopic (exact) mass is 376 g/mol. The molecule has 0 saturated carbocycles. The van der Waals surface area contributed by atoms with Gasteiger partial charge in [0.25, 0.3) is 0 Å². The number of hydrogen-bond acceptors (Lipinski definition) is 4. The van der Waals surface area contributed by atoms with E-state index in [1.54, 1.807) is 7.11 Å². The Hall–Kier alpha value is -2.79. The number of pyridine rings is 1. The van der Waals surface area contributed by atoms with Crippen LogP contribution in [0.25, 0.3) is 32.6 Å². The lowest BCUT2D eigenvalue weighted by atomic mass is 10.0. The van der Waals surface area contributed by atoms with Gasteiger partial charge in [0.2, 0.25) is 0 Å². The zero-order chi connectivity index (χ0) is 19.7. The molecule has 4 rings (SSSR count). The van der Waals surface area contributed by atoms with E-state index in [2.05, 4.69) is 60.4 Å². The van der Waals surface area contributed by atoms with Gasteiger partial charge in [0.15, 0.2) is 0 Å². The number of ether oxygens (including phenoxy) is 1. The highest BCUT2D eigenvalue weighted by Gasteiger charge is 2.17. The summed E-state index contributed by atoms with van der Waals surface area (Å²) < 4.78 is 7.88. The Morgan fingerprint density at radius 2 is 1.86 bits per heavy atom. The third-order valence-electron chi connectivity index (χ3n) is 5.46. The molecule has 0 amide bonds. The topological polar surface area (TPSA) is 51.1 Å². The number of rotatable bonds is 7. The first-order valence-electron chi connectivity index (χ1n) is 9.95. The van der Waals surface area contributed by atoms with Crippen LogP contribution in [0.15, 0.2) is 36.5 Å². The van der Waals surface area contributed by atoms with Crippen molar-refractivity contribution in [2.75, 3.05) is 32.1 Å². The summed E-state index contributed by atoms with van der Waals surface area (Å²) in [6, 6.07) is 10.6. The van der Waals surface area contributed by atoms with Gasteiger partial charge in [0.1, 0.15) is 11.6 Å². The molecule has 0 unspecified atom stereocenters. The summed E-state index contributed by atoms with van der Waals surface area (Å²) in [5.41, 5.74) is 3.63. The molecule has 0 fully saturated rings. The number of nitrogens with zero attached hydrogens (tertiary/aromatic N) is 2. The largest absolute Gasteiger partial charge is 0.496 e. The molecule has 2 N–H and O–H groups in total. The number of aryl methyl sites for hydroxylation is 2. The number of hydrogen-bond donors (Lipinski definition) is 2. The fourth-order valence-electron chi connectivity index (χ4n) is 4.18. The summed E-state index contributed by atoms with van der Waals surface area (Å²) in [6.07, 6.45) is 3.03. The molecule has 0 aliphatic heterocycles. The molecular weight excluding hydrogens is 348 g/mol. The SMILES string of the molecule is CCNCCCNc1ncc(C)c2c1c1ccc3c(OC)cccc3c1n2C. The first-order valence-corrected chi connectivity index (χ1v) is 9.95. The van der Waals surface area contributed by atoms with Gasteiger partial charge >= 0.3 is 0 Å². The third kappa shape index (κ3) is 2.96. The Bertz CT molecular complexity index is 1150. The maximum Gasteiger partial charge on any atom is 0.136 e. The molecule has 2 aromatic heterocycles. The van der Waals surface area contributed by atoms with Crippen LogP contribution in [0.3, 0.4) is 0 Å². The van der Waals surface area contributed by atoms with Crippen LogP contribution >= 0.6 is 0 Å². The molecule has 2 heterocycles. The first-order chi connectivity index (χ1) is 13.7. The maximum atomic E-state index is 5.58. The van der Waals surface area contributed by atoms with Crippen LogP contribution in [0.4, 0.5) is 5.82 Å². The molecule has 0 saturated heterocycles. The van der Waals surface area contributed by atoms with Gasteiger partial charge in [-0.05, 0) is 44.1 Å². The Kier molecular flexibility index (Phi) is 5.09. The summed E-state index contributed by atoms with van der Waals surface area (Å²) in [5.74, 6) is 1.87. The lowest BCUT2D eigenvalue weighted by Crippen LogP contribution is -2.17. The van der Waals surface area contributed by atoms with Crippen LogP contribution < -0.4 is 15.4 Å². The lowest BCUT2D eigenvalue weighted by molar-refractivity contribution is 0.420. The predicted octanol–water partition coefficient (Wildman–Crippen LogP) is 4.61. The highest BCUT2D eigenvalue weighted by atomic mass is 16.5. The normalized spacial score (nSPS) is 11.6. The van der Waals surface area contributed by atoms with Crippen LogP contribution in [0, 0.1) is 6.92 Å². The molecule has 5 nitrogen and oxygen atoms in total. The zero-order valence-electron chi connectivity index (χ0n) is 17.1. The van der Waals surface area contributed by atoms with Gasteiger partial charge < -0.3 is 19.9 Å². The number of anilines is 1. The minimum absolute atomic E-state index is 0.899. The molecule has 0 spiro atoms. The van der Waals surface area contributed by atoms with Gasteiger partial charge in [-0.2, -0.15) is 0 Å². The zero-order valence-corrected chi connectivity index (χ0v) is 17.1. The maximum absolute atomic E-state index is 5.58. The van der Waals surface area contributed by atoms with Gasteiger partial charge in [-0.3, -0.25) is 0 Å². The van der Waals surface area contributed by atoms with Crippen LogP contribution in [0.2, 0.25) is 0 Å². The number of benzene rings is 2. The Balaban J connectivity index is 1.91. The standard InChI is InChI=1S/C23H28N4O/c1-5-24-12-7-13-25-23-20-18-11-10-16-17(8-6-9-19(16)28-4)22(18)27(3)21(20)15(2)14-26-23/h6,8-11,14,24H,5,7,12-13H2,1-4H3,(H,25,26). The fourth-order valence-corrected chi connectivity index (χ4v) is 4.18. The second-order valence-electron chi connectivity index (χ2n) is 7.22. The minimum atomic E-state index is 0.899. The molecule has 146 valence electrons. The van der Waals surface area contributed by atoms with Gasteiger partial charge in [0.05, 0.1) is 23.5 Å². The van der Waals surface area contributed by atoms with Crippen molar-refractivity contribution in [1.82, 2.24) is 14.9 Å². The van der Waals surface area contributed by atoms with Crippen molar-refractivity contribution in [3.63, 3.8) is 0 Å². The van der Waals surface area contributed by atoms with Gasteiger partial charge in [-0.1, -0.05) is 25.1 Å². The Morgan fingerprint density at radius 1 is 1.04 bits per heavy atom. The van der Waals surface area contributed by atoms with Gasteiger partial charge in [-0.25, -0.2) is 4.98 Å². The van der Waals surface area contributed by atoms with Crippen molar-refractivity contribution in [1.29, 1.82) is 0 Å². The molecule has 0 atom stereocenters. The Morgan fingerprint density at radius 3 is 2.64 bits per heavy atom. The van der Waals surface area contributed by atoms with Crippen molar-refractivity contribution in [2.45, 2.75) is 20.3 Å². The average Bonchev–Trinajstić information content (AvgIpc) is 3.03. The van der Waals surface area contributed by atoms with Crippen LogP contribution in [0.1, 0.15) is 18.9 Å². The van der Waals surface area contributed by atoms with Crippen molar-refractivity contribution < 1.29 is 4.74 Å². The van der Waals surface area contributed by atoms with Crippen LogP contribution in [-0.4, -0.2) is 36.3 Å². The van der Waals surface area contributed by atoms with E-state index < -0.39 is 0 Å². The number of methoxy groups -OCH3 is 1. The van der Waals surface area contributed by atoms with Crippen molar-refractivity contribution >= 4 is 38.4 Å². The smallest absolute Gasteiger partial charge is 0.136 e. The predicted molar refractivity (Wildman–Crippen MR) is 119 cm³/mol. The van der Waals surface area contributed by atoms with E-state index >= 15 is 0 Å². The van der Waals surface area contributed by atoms with Crippen molar-refractivity contribution in [2.24, 2.45) is 7.05 Å². The Labute approximate surface area is 165 Å². The van der Waals surface area contributed by atoms with E-state index in [9.17, 15) is 0 Å². The van der Waals surface area contributed by atoms with E-state index in [0.717, 1.165) is 43.0 Å². The average molecular weight is 377 g/mol. The molecule has 28 heavy (non-hydrogen) atoms. The number of fused-ring (bicyclic) bond motifs is 5. The summed E-state index contributed by atoms with van der Waals surface area (Å²) in [4.78, 5) is 4.73. The van der Waals surface area contributed by atoms with Crippen molar-refractivity contribution in [3.05, 3.63) is 42.1 Å². The number of nitrogens with one attached hydrogen (secondary N) is 2.